The van der Waals surface area contributed by atoms with Crippen LogP contribution in [0.3, 0.4) is 0 Å². The summed E-state index contributed by atoms with van der Waals surface area (Å²) in [6.45, 7) is 1.72. The summed E-state index contributed by atoms with van der Waals surface area (Å²) in [5.74, 6) is 1.11. The molecule has 1 fully saturated rings. The molecule has 1 aromatic rings. The topological polar surface area (TPSA) is 78.4 Å². The standard InChI is InChI=1S/C12H18N4O2/c1-13-12-14-5-2-10(15-12)16-6-3-9(4-7-16)8-11(17)18/h2,5,9H,3-4,6-8H2,1H3,(H,17,18)(H,13,14,15). The third kappa shape index (κ3) is 3.09. The summed E-state index contributed by atoms with van der Waals surface area (Å²) >= 11 is 0. The highest BCUT2D eigenvalue weighted by Gasteiger charge is 2.22. The summed E-state index contributed by atoms with van der Waals surface area (Å²) in [4.78, 5) is 21.3. The van der Waals surface area contributed by atoms with Crippen LogP contribution >= 0.6 is 0 Å². The number of aliphatic carboxylic acids is 1. The van der Waals surface area contributed by atoms with Crippen molar-refractivity contribution in [3.63, 3.8) is 0 Å². The predicted octanol–water partition coefficient (Wildman–Crippen LogP) is 1.21. The lowest BCUT2D eigenvalue weighted by Gasteiger charge is -2.32. The summed E-state index contributed by atoms with van der Waals surface area (Å²) in [5.41, 5.74) is 0. The van der Waals surface area contributed by atoms with Gasteiger partial charge in [0.05, 0.1) is 0 Å². The fourth-order valence-corrected chi connectivity index (χ4v) is 2.26. The second-order valence-electron chi connectivity index (χ2n) is 4.52. The molecule has 0 saturated carbocycles. The zero-order valence-corrected chi connectivity index (χ0v) is 10.5. The maximum absolute atomic E-state index is 10.7. The molecular formula is C12H18N4O2. The highest BCUT2D eigenvalue weighted by Crippen LogP contribution is 2.24. The van der Waals surface area contributed by atoms with Crippen molar-refractivity contribution in [3.05, 3.63) is 12.3 Å². The van der Waals surface area contributed by atoms with Gasteiger partial charge in [0.25, 0.3) is 0 Å². The van der Waals surface area contributed by atoms with E-state index >= 15 is 0 Å². The summed E-state index contributed by atoms with van der Waals surface area (Å²) in [5, 5.41) is 11.7. The molecule has 0 aliphatic carbocycles. The zero-order valence-electron chi connectivity index (χ0n) is 10.5. The van der Waals surface area contributed by atoms with Gasteiger partial charge in [-0.05, 0) is 24.8 Å². The molecular weight excluding hydrogens is 232 g/mol. The van der Waals surface area contributed by atoms with E-state index in [0.717, 1.165) is 31.7 Å². The van der Waals surface area contributed by atoms with Crippen LogP contribution in [-0.4, -0.2) is 41.2 Å². The van der Waals surface area contributed by atoms with Gasteiger partial charge in [-0.15, -0.1) is 0 Å². The number of hydrogen-bond acceptors (Lipinski definition) is 5. The summed E-state index contributed by atoms with van der Waals surface area (Å²) < 4.78 is 0. The first kappa shape index (κ1) is 12.6. The van der Waals surface area contributed by atoms with Crippen molar-refractivity contribution in [2.45, 2.75) is 19.3 Å². The number of nitrogens with one attached hydrogen (secondary N) is 1. The highest BCUT2D eigenvalue weighted by molar-refractivity contribution is 5.67. The van der Waals surface area contributed by atoms with Crippen molar-refractivity contribution in [2.75, 3.05) is 30.4 Å². The van der Waals surface area contributed by atoms with Crippen molar-refractivity contribution >= 4 is 17.7 Å². The lowest BCUT2D eigenvalue weighted by molar-refractivity contribution is -0.138. The molecule has 1 aliphatic rings. The Morgan fingerprint density at radius 2 is 2.28 bits per heavy atom. The predicted molar refractivity (Wildman–Crippen MR) is 68.8 cm³/mol. The van der Waals surface area contributed by atoms with Crippen molar-refractivity contribution in [2.24, 2.45) is 5.92 Å². The number of rotatable bonds is 4. The number of hydrogen-bond donors (Lipinski definition) is 2. The summed E-state index contributed by atoms with van der Waals surface area (Å²) in [7, 11) is 1.79. The molecule has 2 heterocycles. The Morgan fingerprint density at radius 3 is 2.89 bits per heavy atom. The first-order valence-electron chi connectivity index (χ1n) is 6.16. The number of aromatic nitrogens is 2. The van der Waals surface area contributed by atoms with Crippen LogP contribution in [0.15, 0.2) is 12.3 Å². The number of anilines is 2. The van der Waals surface area contributed by atoms with Crippen LogP contribution in [0, 0.1) is 5.92 Å². The van der Waals surface area contributed by atoms with Gasteiger partial charge >= 0.3 is 5.97 Å². The van der Waals surface area contributed by atoms with E-state index in [4.69, 9.17) is 5.11 Å². The fraction of sp³-hybridized carbons (Fsp3) is 0.583. The molecule has 0 aromatic carbocycles. The molecule has 98 valence electrons. The average Bonchev–Trinajstić information content (AvgIpc) is 2.39. The molecule has 6 heteroatoms. The molecule has 1 aliphatic heterocycles. The van der Waals surface area contributed by atoms with Gasteiger partial charge < -0.3 is 15.3 Å². The molecule has 6 nitrogen and oxygen atoms in total. The van der Waals surface area contributed by atoms with Gasteiger partial charge in [0, 0.05) is 32.8 Å². The minimum atomic E-state index is -0.701. The number of carbonyl (C=O) groups is 1. The van der Waals surface area contributed by atoms with E-state index in [1.807, 2.05) is 6.07 Å². The number of carboxylic acids is 1. The molecule has 0 bridgehead atoms. The largest absolute Gasteiger partial charge is 0.481 e. The molecule has 0 unspecified atom stereocenters. The first-order chi connectivity index (χ1) is 8.69. The SMILES string of the molecule is CNc1nccc(N2CCC(CC(=O)O)CC2)n1. The van der Waals surface area contributed by atoms with Crippen LogP contribution in [0.1, 0.15) is 19.3 Å². The Morgan fingerprint density at radius 1 is 1.56 bits per heavy atom. The zero-order chi connectivity index (χ0) is 13.0. The molecule has 0 atom stereocenters. The maximum Gasteiger partial charge on any atom is 0.303 e. The van der Waals surface area contributed by atoms with Crippen molar-refractivity contribution in [3.8, 4) is 0 Å². The summed E-state index contributed by atoms with van der Waals surface area (Å²) in [6.07, 6.45) is 3.83. The molecule has 2 N–H and O–H groups in total. The van der Waals surface area contributed by atoms with E-state index in [0.29, 0.717) is 11.9 Å². The second kappa shape index (κ2) is 5.66. The maximum atomic E-state index is 10.7. The minimum Gasteiger partial charge on any atom is -0.481 e. The Hall–Kier alpha value is -1.85. The monoisotopic (exact) mass is 250 g/mol. The van der Waals surface area contributed by atoms with Crippen LogP contribution < -0.4 is 10.2 Å². The van der Waals surface area contributed by atoms with E-state index in [1.165, 1.54) is 0 Å². The third-order valence-corrected chi connectivity index (χ3v) is 3.27. The highest BCUT2D eigenvalue weighted by atomic mass is 16.4. The van der Waals surface area contributed by atoms with Crippen molar-refractivity contribution in [1.82, 2.24) is 9.97 Å². The quantitative estimate of drug-likeness (QED) is 0.836. The Labute approximate surface area is 106 Å². The smallest absolute Gasteiger partial charge is 0.303 e. The van der Waals surface area contributed by atoms with Gasteiger partial charge in [0.1, 0.15) is 5.82 Å². The number of nitrogens with zero attached hydrogens (tertiary/aromatic N) is 3. The lowest BCUT2D eigenvalue weighted by atomic mass is 9.94. The van der Waals surface area contributed by atoms with Gasteiger partial charge in [-0.3, -0.25) is 4.79 Å². The van der Waals surface area contributed by atoms with Gasteiger partial charge in [0.15, 0.2) is 0 Å². The van der Waals surface area contributed by atoms with Gasteiger partial charge in [-0.2, -0.15) is 4.98 Å². The van der Waals surface area contributed by atoms with Gasteiger partial charge in [-0.1, -0.05) is 0 Å². The lowest BCUT2D eigenvalue weighted by Crippen LogP contribution is -2.35. The summed E-state index contributed by atoms with van der Waals surface area (Å²) in [6, 6.07) is 1.89. The van der Waals surface area contributed by atoms with Crippen LogP contribution in [0.4, 0.5) is 11.8 Å². The van der Waals surface area contributed by atoms with E-state index in [-0.39, 0.29) is 6.42 Å². The molecule has 0 radical (unpaired) electrons. The molecule has 18 heavy (non-hydrogen) atoms. The molecule has 1 aromatic heterocycles. The van der Waals surface area contributed by atoms with Crippen LogP contribution in [-0.2, 0) is 4.79 Å². The van der Waals surface area contributed by atoms with E-state index in [9.17, 15) is 4.79 Å². The Bertz CT molecular complexity index is 416. The normalized spacial score (nSPS) is 16.6. The molecule has 0 spiro atoms. The van der Waals surface area contributed by atoms with E-state index < -0.39 is 5.97 Å². The van der Waals surface area contributed by atoms with Gasteiger partial charge in [-0.25, -0.2) is 4.98 Å². The van der Waals surface area contributed by atoms with Crippen molar-refractivity contribution in [1.29, 1.82) is 0 Å². The molecule has 2 rings (SSSR count). The number of carboxylic acid groups (broad SMARTS) is 1. The second-order valence-corrected chi connectivity index (χ2v) is 4.52. The minimum absolute atomic E-state index is 0.277. The first-order valence-corrected chi connectivity index (χ1v) is 6.16. The van der Waals surface area contributed by atoms with Gasteiger partial charge in [0.2, 0.25) is 5.95 Å². The fourth-order valence-electron chi connectivity index (χ4n) is 2.26. The van der Waals surface area contributed by atoms with Crippen LogP contribution in [0.2, 0.25) is 0 Å². The van der Waals surface area contributed by atoms with Crippen LogP contribution in [0.25, 0.3) is 0 Å². The third-order valence-electron chi connectivity index (χ3n) is 3.27. The van der Waals surface area contributed by atoms with Crippen molar-refractivity contribution < 1.29 is 9.90 Å². The number of piperidine rings is 1. The van der Waals surface area contributed by atoms with E-state index in [2.05, 4.69) is 20.2 Å². The van der Waals surface area contributed by atoms with Crippen LogP contribution in [0.5, 0.6) is 0 Å². The Kier molecular flexibility index (Phi) is 3.96. The average molecular weight is 250 g/mol. The van der Waals surface area contributed by atoms with E-state index in [1.54, 1.807) is 13.2 Å². The Balaban J connectivity index is 1.94. The molecule has 0 amide bonds. The molecule has 1 saturated heterocycles.